The number of nitrogens with zero attached hydrogens (tertiary/aromatic N) is 2. The Morgan fingerprint density at radius 1 is 1.19 bits per heavy atom. The van der Waals surface area contributed by atoms with Crippen LogP contribution in [0.2, 0.25) is 0 Å². The zero-order valence-electron chi connectivity index (χ0n) is 15.6. The molecule has 1 unspecified atom stereocenters. The van der Waals surface area contributed by atoms with Gasteiger partial charge < -0.3 is 25.5 Å². The highest BCUT2D eigenvalue weighted by molar-refractivity contribution is 6.06. The Balaban J connectivity index is 1.39. The number of carbonyl (C=O) groups is 2. The number of para-hydroxylation sites is 2. The number of anilines is 2. The Morgan fingerprint density at radius 2 is 1.93 bits per heavy atom. The number of fused-ring (bicyclic) bond motifs is 1. The van der Waals surface area contributed by atoms with Crippen molar-refractivity contribution in [1.82, 2.24) is 9.80 Å². The molecular weight excluding hydrogens is 344 g/mol. The maximum Gasteiger partial charge on any atom is 0.250 e. The van der Waals surface area contributed by atoms with E-state index in [2.05, 4.69) is 15.5 Å². The average molecular weight is 372 g/mol. The van der Waals surface area contributed by atoms with Gasteiger partial charge in [-0.3, -0.25) is 9.59 Å². The second kappa shape index (κ2) is 7.48. The predicted molar refractivity (Wildman–Crippen MR) is 103 cm³/mol. The Hall–Kier alpha value is -2.12. The molecule has 27 heavy (non-hydrogen) atoms. The third kappa shape index (κ3) is 3.53. The van der Waals surface area contributed by atoms with Gasteiger partial charge in [-0.15, -0.1) is 0 Å². The fourth-order valence-corrected chi connectivity index (χ4v) is 4.58. The van der Waals surface area contributed by atoms with Crippen LogP contribution >= 0.6 is 0 Å². The van der Waals surface area contributed by atoms with Crippen molar-refractivity contribution in [3.05, 3.63) is 24.3 Å². The van der Waals surface area contributed by atoms with E-state index in [1.807, 2.05) is 29.2 Å². The minimum atomic E-state index is -0.624. The van der Waals surface area contributed by atoms with Crippen LogP contribution in [-0.4, -0.2) is 71.6 Å². The van der Waals surface area contributed by atoms with Gasteiger partial charge in [0.1, 0.15) is 5.54 Å². The summed E-state index contributed by atoms with van der Waals surface area (Å²) in [6, 6.07) is 7.74. The van der Waals surface area contributed by atoms with E-state index in [1.54, 1.807) is 0 Å². The Labute approximate surface area is 159 Å². The normalized spacial score (nSPS) is 24.9. The highest BCUT2D eigenvalue weighted by atomic mass is 16.3. The molecule has 0 saturated carbocycles. The van der Waals surface area contributed by atoms with Gasteiger partial charge in [-0.05, 0) is 44.4 Å². The molecule has 3 aliphatic rings. The molecule has 7 nitrogen and oxygen atoms in total. The van der Waals surface area contributed by atoms with Crippen molar-refractivity contribution in [2.75, 3.05) is 50.0 Å². The van der Waals surface area contributed by atoms with Crippen LogP contribution in [0.5, 0.6) is 0 Å². The van der Waals surface area contributed by atoms with Gasteiger partial charge in [-0.1, -0.05) is 12.1 Å². The zero-order valence-corrected chi connectivity index (χ0v) is 15.6. The van der Waals surface area contributed by atoms with Crippen LogP contribution in [0, 0.1) is 5.92 Å². The predicted octanol–water partition coefficient (Wildman–Crippen LogP) is 1.12. The van der Waals surface area contributed by atoms with Gasteiger partial charge in [0, 0.05) is 26.2 Å². The highest BCUT2D eigenvalue weighted by Crippen LogP contribution is 2.36. The van der Waals surface area contributed by atoms with Crippen molar-refractivity contribution in [2.45, 2.75) is 31.2 Å². The molecule has 3 heterocycles. The summed E-state index contributed by atoms with van der Waals surface area (Å²) in [5, 5.41) is 15.6. The topological polar surface area (TPSA) is 84.9 Å². The van der Waals surface area contributed by atoms with Gasteiger partial charge in [0.15, 0.2) is 0 Å². The number of piperidine rings is 2. The second-order valence-corrected chi connectivity index (χ2v) is 7.90. The molecule has 1 atom stereocenters. The number of hydrogen-bond acceptors (Lipinski definition) is 5. The number of aliphatic hydroxyl groups excluding tert-OH is 1. The lowest BCUT2D eigenvalue weighted by atomic mass is 9.83. The fraction of sp³-hybridized carbons (Fsp3) is 0.600. The van der Waals surface area contributed by atoms with Gasteiger partial charge >= 0.3 is 0 Å². The first-order valence-corrected chi connectivity index (χ1v) is 9.92. The number of nitrogens with one attached hydrogen (secondary N) is 2. The van der Waals surface area contributed by atoms with E-state index in [4.69, 9.17) is 5.11 Å². The van der Waals surface area contributed by atoms with E-state index < -0.39 is 5.54 Å². The first-order valence-electron chi connectivity index (χ1n) is 9.92. The second-order valence-electron chi connectivity index (χ2n) is 7.90. The van der Waals surface area contributed by atoms with Crippen molar-refractivity contribution >= 4 is 23.2 Å². The largest absolute Gasteiger partial charge is 0.395 e. The standard InChI is InChI=1S/C20H28N4O3/c25-13-12-23-9-3-4-15(14-23)18(26)24-10-7-20(8-11-24)19(27)21-16-5-1-2-6-17(16)22-20/h1-2,5-6,15,22,25H,3-4,7-14H2,(H,21,27). The summed E-state index contributed by atoms with van der Waals surface area (Å²) in [6.07, 6.45) is 3.14. The number of aliphatic hydroxyl groups is 1. The Bertz CT molecular complexity index is 713. The van der Waals surface area contributed by atoms with Crippen LogP contribution in [0.15, 0.2) is 24.3 Å². The van der Waals surface area contributed by atoms with Crippen molar-refractivity contribution in [3.8, 4) is 0 Å². The van der Waals surface area contributed by atoms with E-state index in [1.165, 1.54) is 0 Å². The molecule has 0 aliphatic carbocycles. The third-order valence-electron chi connectivity index (χ3n) is 6.18. The number of benzene rings is 1. The lowest BCUT2D eigenvalue weighted by Crippen LogP contribution is -2.60. The lowest BCUT2D eigenvalue weighted by molar-refractivity contribution is -0.140. The summed E-state index contributed by atoms with van der Waals surface area (Å²) < 4.78 is 0. The monoisotopic (exact) mass is 372 g/mol. The summed E-state index contributed by atoms with van der Waals surface area (Å²) in [5.74, 6) is 0.206. The molecule has 2 saturated heterocycles. The maximum absolute atomic E-state index is 13.0. The van der Waals surface area contributed by atoms with Crippen LogP contribution in [0.4, 0.5) is 11.4 Å². The Morgan fingerprint density at radius 3 is 2.67 bits per heavy atom. The molecule has 0 aromatic heterocycles. The van der Waals surface area contributed by atoms with Crippen molar-refractivity contribution in [2.24, 2.45) is 5.92 Å². The summed E-state index contributed by atoms with van der Waals surface area (Å²) in [7, 11) is 0. The van der Waals surface area contributed by atoms with Crippen LogP contribution < -0.4 is 10.6 Å². The fourth-order valence-electron chi connectivity index (χ4n) is 4.58. The van der Waals surface area contributed by atoms with Crippen LogP contribution in [-0.2, 0) is 9.59 Å². The molecule has 4 rings (SSSR count). The summed E-state index contributed by atoms with van der Waals surface area (Å²) in [4.78, 5) is 29.8. The average Bonchev–Trinajstić information content (AvgIpc) is 2.69. The van der Waals surface area contributed by atoms with Gasteiger partial charge in [0.25, 0.3) is 0 Å². The molecule has 3 N–H and O–H groups in total. The smallest absolute Gasteiger partial charge is 0.250 e. The number of carbonyl (C=O) groups excluding carboxylic acids is 2. The summed E-state index contributed by atoms with van der Waals surface area (Å²) in [6.45, 7) is 3.64. The van der Waals surface area contributed by atoms with Crippen LogP contribution in [0.1, 0.15) is 25.7 Å². The molecule has 146 valence electrons. The molecule has 1 aromatic carbocycles. The van der Waals surface area contributed by atoms with E-state index in [0.717, 1.165) is 37.3 Å². The number of rotatable bonds is 3. The zero-order chi connectivity index (χ0) is 18.9. The minimum Gasteiger partial charge on any atom is -0.395 e. The summed E-state index contributed by atoms with van der Waals surface area (Å²) in [5.41, 5.74) is 1.14. The number of β-amino-alcohol motifs (C(OH)–C–C–N with tert-alkyl or cyclic N) is 1. The first kappa shape index (κ1) is 18.3. The molecule has 0 bridgehead atoms. The van der Waals surface area contributed by atoms with Crippen molar-refractivity contribution in [1.29, 1.82) is 0 Å². The van der Waals surface area contributed by atoms with Gasteiger partial charge in [0.2, 0.25) is 11.8 Å². The highest BCUT2D eigenvalue weighted by Gasteiger charge is 2.45. The maximum atomic E-state index is 13.0. The van der Waals surface area contributed by atoms with E-state index in [-0.39, 0.29) is 24.3 Å². The first-order chi connectivity index (χ1) is 13.1. The molecular formula is C20H28N4O3. The summed E-state index contributed by atoms with van der Waals surface area (Å²) >= 11 is 0. The Kier molecular flexibility index (Phi) is 5.06. The van der Waals surface area contributed by atoms with Crippen LogP contribution in [0.3, 0.4) is 0 Å². The van der Waals surface area contributed by atoms with Gasteiger partial charge in [0.05, 0.1) is 23.9 Å². The van der Waals surface area contributed by atoms with Gasteiger partial charge in [-0.25, -0.2) is 0 Å². The molecule has 0 radical (unpaired) electrons. The number of amides is 2. The van der Waals surface area contributed by atoms with Crippen molar-refractivity contribution in [3.63, 3.8) is 0 Å². The molecule has 3 aliphatic heterocycles. The number of likely N-dealkylation sites (tertiary alicyclic amines) is 2. The van der Waals surface area contributed by atoms with Gasteiger partial charge in [-0.2, -0.15) is 0 Å². The van der Waals surface area contributed by atoms with Crippen molar-refractivity contribution < 1.29 is 14.7 Å². The SMILES string of the molecule is O=C(C1CCCN(CCO)C1)N1CCC2(CC1)Nc1ccccc1NC2=O. The molecule has 2 fully saturated rings. The molecule has 1 aromatic rings. The third-order valence-corrected chi connectivity index (χ3v) is 6.18. The van der Waals surface area contributed by atoms with E-state index in [0.29, 0.717) is 32.5 Å². The molecule has 7 heteroatoms. The minimum absolute atomic E-state index is 0.0000799. The van der Waals surface area contributed by atoms with Crippen LogP contribution in [0.25, 0.3) is 0 Å². The quantitative estimate of drug-likeness (QED) is 0.740. The number of hydrogen-bond donors (Lipinski definition) is 3. The lowest BCUT2D eigenvalue weighted by Gasteiger charge is -2.45. The molecule has 1 spiro atoms. The van der Waals surface area contributed by atoms with E-state index >= 15 is 0 Å². The van der Waals surface area contributed by atoms with E-state index in [9.17, 15) is 9.59 Å². The molecule has 2 amide bonds.